The van der Waals surface area contributed by atoms with Gasteiger partial charge in [0.15, 0.2) is 0 Å². The summed E-state index contributed by atoms with van der Waals surface area (Å²) in [6.07, 6.45) is 0.746. The minimum atomic E-state index is -0.373. The number of aryl methyl sites for hydroxylation is 1. The number of hydrogen-bond donors (Lipinski definition) is 0. The number of nitro benzene ring substituents is 1. The molecule has 0 saturated carbocycles. The first-order valence-electron chi connectivity index (χ1n) is 8.85. The van der Waals surface area contributed by atoms with Crippen LogP contribution in [-0.2, 0) is 0 Å². The quantitative estimate of drug-likeness (QED) is 0.473. The van der Waals surface area contributed by atoms with Crippen molar-refractivity contribution in [3.63, 3.8) is 0 Å². The molecule has 1 aliphatic rings. The minimum Gasteiger partial charge on any atom is -0.258 e. The van der Waals surface area contributed by atoms with Crippen LogP contribution in [0.5, 0.6) is 0 Å². The fourth-order valence-electron chi connectivity index (χ4n) is 3.33. The third-order valence-electron chi connectivity index (χ3n) is 4.80. The highest BCUT2D eigenvalue weighted by Crippen LogP contribution is 2.37. The molecular weight excluding hydrogens is 338 g/mol. The maximum atomic E-state index is 11.0. The van der Waals surface area contributed by atoms with Gasteiger partial charge in [-0.2, -0.15) is 5.10 Å². The highest BCUT2D eigenvalue weighted by molar-refractivity contribution is 6.03. The lowest BCUT2D eigenvalue weighted by Gasteiger charge is -2.23. The summed E-state index contributed by atoms with van der Waals surface area (Å²) >= 11 is 0. The van der Waals surface area contributed by atoms with Gasteiger partial charge in [0.05, 0.1) is 22.4 Å². The molecule has 0 aromatic heterocycles. The Morgan fingerprint density at radius 2 is 1.63 bits per heavy atom. The number of para-hydroxylation sites is 1. The molecule has 27 heavy (non-hydrogen) atoms. The Kier molecular flexibility index (Phi) is 4.42. The summed E-state index contributed by atoms with van der Waals surface area (Å²) in [5.74, 6) is 0. The van der Waals surface area contributed by atoms with Crippen LogP contribution in [0.3, 0.4) is 0 Å². The zero-order chi connectivity index (χ0) is 18.8. The van der Waals surface area contributed by atoms with Gasteiger partial charge >= 0.3 is 0 Å². The van der Waals surface area contributed by atoms with Crippen LogP contribution >= 0.6 is 0 Å². The summed E-state index contributed by atoms with van der Waals surface area (Å²) in [6, 6.07) is 25.1. The van der Waals surface area contributed by atoms with Crippen LogP contribution in [0.1, 0.15) is 29.2 Å². The number of anilines is 1. The second kappa shape index (κ2) is 7.03. The van der Waals surface area contributed by atoms with Crippen molar-refractivity contribution >= 4 is 17.1 Å². The third kappa shape index (κ3) is 3.44. The van der Waals surface area contributed by atoms with E-state index < -0.39 is 0 Å². The Labute approximate surface area is 157 Å². The maximum Gasteiger partial charge on any atom is 0.269 e. The van der Waals surface area contributed by atoms with Crippen molar-refractivity contribution in [2.45, 2.75) is 19.4 Å². The molecule has 0 radical (unpaired) electrons. The molecule has 1 aliphatic heterocycles. The Bertz CT molecular complexity index is 980. The molecule has 1 atom stereocenters. The van der Waals surface area contributed by atoms with Gasteiger partial charge in [-0.25, -0.2) is 0 Å². The predicted octanol–water partition coefficient (Wildman–Crippen LogP) is 5.26. The average Bonchev–Trinajstić information content (AvgIpc) is 3.15. The molecule has 4 rings (SSSR count). The molecule has 0 fully saturated rings. The molecule has 0 amide bonds. The van der Waals surface area contributed by atoms with Gasteiger partial charge in [-0.1, -0.05) is 60.2 Å². The molecule has 0 bridgehead atoms. The second-order valence-corrected chi connectivity index (χ2v) is 6.66. The molecule has 0 N–H and O–H groups in total. The number of rotatable bonds is 4. The second-order valence-electron chi connectivity index (χ2n) is 6.66. The van der Waals surface area contributed by atoms with Gasteiger partial charge in [0.25, 0.3) is 5.69 Å². The first-order chi connectivity index (χ1) is 13.1. The van der Waals surface area contributed by atoms with Gasteiger partial charge in [-0.3, -0.25) is 15.1 Å². The summed E-state index contributed by atoms with van der Waals surface area (Å²) in [5, 5.41) is 17.9. The molecule has 5 nitrogen and oxygen atoms in total. The molecule has 3 aromatic rings. The van der Waals surface area contributed by atoms with Crippen molar-refractivity contribution in [2.75, 3.05) is 5.01 Å². The Morgan fingerprint density at radius 3 is 2.26 bits per heavy atom. The van der Waals surface area contributed by atoms with Gasteiger partial charge in [-0.05, 0) is 30.2 Å². The van der Waals surface area contributed by atoms with E-state index in [9.17, 15) is 10.1 Å². The number of hydrazone groups is 1. The fraction of sp³-hybridized carbons (Fsp3) is 0.136. The van der Waals surface area contributed by atoms with Crippen LogP contribution < -0.4 is 5.01 Å². The number of nitro groups is 1. The average molecular weight is 357 g/mol. The lowest BCUT2D eigenvalue weighted by atomic mass is 9.97. The smallest absolute Gasteiger partial charge is 0.258 e. The maximum absolute atomic E-state index is 11.0. The minimum absolute atomic E-state index is 0.00417. The summed E-state index contributed by atoms with van der Waals surface area (Å²) in [4.78, 5) is 10.6. The van der Waals surface area contributed by atoms with E-state index in [1.807, 2.05) is 47.5 Å². The zero-order valence-corrected chi connectivity index (χ0v) is 14.9. The van der Waals surface area contributed by atoms with Gasteiger partial charge in [-0.15, -0.1) is 0 Å². The molecule has 0 aliphatic carbocycles. The lowest BCUT2D eigenvalue weighted by Crippen LogP contribution is -2.18. The number of non-ortho nitro benzene ring substituents is 1. The van der Waals surface area contributed by atoms with E-state index in [2.05, 4.69) is 31.2 Å². The topological polar surface area (TPSA) is 58.7 Å². The number of benzene rings is 3. The normalized spacial score (nSPS) is 16.3. The van der Waals surface area contributed by atoms with Crippen LogP contribution in [0.15, 0.2) is 84.0 Å². The molecule has 3 aromatic carbocycles. The van der Waals surface area contributed by atoms with Crippen molar-refractivity contribution in [3.8, 4) is 0 Å². The molecule has 5 heteroatoms. The molecule has 134 valence electrons. The van der Waals surface area contributed by atoms with Crippen LogP contribution in [-0.4, -0.2) is 10.6 Å². The summed E-state index contributed by atoms with van der Waals surface area (Å²) in [7, 11) is 0. The van der Waals surface area contributed by atoms with Gasteiger partial charge in [0, 0.05) is 18.6 Å². The third-order valence-corrected chi connectivity index (χ3v) is 4.80. The number of hydrogen-bond acceptors (Lipinski definition) is 4. The van der Waals surface area contributed by atoms with E-state index >= 15 is 0 Å². The van der Waals surface area contributed by atoms with E-state index in [4.69, 9.17) is 5.10 Å². The first kappa shape index (κ1) is 17.0. The van der Waals surface area contributed by atoms with E-state index in [1.165, 1.54) is 5.56 Å². The van der Waals surface area contributed by atoms with Crippen LogP contribution in [0.25, 0.3) is 0 Å². The lowest BCUT2D eigenvalue weighted by molar-refractivity contribution is -0.384. The van der Waals surface area contributed by atoms with E-state index in [0.717, 1.165) is 28.9 Å². The zero-order valence-electron chi connectivity index (χ0n) is 14.9. The van der Waals surface area contributed by atoms with Crippen molar-refractivity contribution in [3.05, 3.63) is 106 Å². The highest BCUT2D eigenvalue weighted by atomic mass is 16.6. The largest absolute Gasteiger partial charge is 0.269 e. The monoisotopic (exact) mass is 357 g/mol. The SMILES string of the molecule is Cc1ccc(C2=NN(c3ccccc3)[C@@H](c3ccc([N+](=O)[O-])cc3)C2)cc1. The van der Waals surface area contributed by atoms with Crippen molar-refractivity contribution in [2.24, 2.45) is 5.10 Å². The number of nitrogens with zero attached hydrogens (tertiary/aromatic N) is 3. The molecule has 0 saturated heterocycles. The van der Waals surface area contributed by atoms with E-state index in [0.29, 0.717) is 0 Å². The fourth-order valence-corrected chi connectivity index (χ4v) is 3.33. The molecule has 0 unspecified atom stereocenters. The van der Waals surface area contributed by atoms with Crippen LogP contribution in [0.4, 0.5) is 11.4 Å². The standard InChI is InChI=1S/C22H19N3O2/c1-16-7-9-17(10-8-16)21-15-22(18-11-13-20(14-12-18)25(26)27)24(23-21)19-5-3-2-4-6-19/h2-14,22H,15H2,1H3/t22-/m1/s1. The van der Waals surface area contributed by atoms with Crippen molar-refractivity contribution in [1.29, 1.82) is 0 Å². The van der Waals surface area contributed by atoms with E-state index in [-0.39, 0.29) is 16.7 Å². The predicted molar refractivity (Wildman–Crippen MR) is 107 cm³/mol. The molecule has 1 heterocycles. The molecule has 0 spiro atoms. The van der Waals surface area contributed by atoms with E-state index in [1.54, 1.807) is 12.1 Å². The summed E-state index contributed by atoms with van der Waals surface area (Å²) in [6.45, 7) is 2.07. The first-order valence-corrected chi connectivity index (χ1v) is 8.85. The molecular formula is C22H19N3O2. The van der Waals surface area contributed by atoms with Crippen LogP contribution in [0.2, 0.25) is 0 Å². The Balaban J connectivity index is 1.71. The summed E-state index contributed by atoms with van der Waals surface area (Å²) in [5.41, 5.74) is 5.44. The highest BCUT2D eigenvalue weighted by Gasteiger charge is 2.30. The van der Waals surface area contributed by atoms with Crippen LogP contribution in [0, 0.1) is 17.0 Å². The van der Waals surface area contributed by atoms with Gasteiger partial charge in [0.1, 0.15) is 0 Å². The Morgan fingerprint density at radius 1 is 0.963 bits per heavy atom. The van der Waals surface area contributed by atoms with Gasteiger partial charge < -0.3 is 0 Å². The Hall–Kier alpha value is -3.47. The van der Waals surface area contributed by atoms with Crippen molar-refractivity contribution < 1.29 is 4.92 Å². The summed E-state index contributed by atoms with van der Waals surface area (Å²) < 4.78 is 0. The van der Waals surface area contributed by atoms with Gasteiger partial charge in [0.2, 0.25) is 0 Å². The van der Waals surface area contributed by atoms with Crippen molar-refractivity contribution in [1.82, 2.24) is 0 Å².